The van der Waals surface area contributed by atoms with Gasteiger partial charge in [-0.25, -0.2) is 9.97 Å². The Labute approximate surface area is 145 Å². The second-order valence-corrected chi connectivity index (χ2v) is 7.25. The molecule has 1 aliphatic heterocycles. The van der Waals surface area contributed by atoms with Crippen molar-refractivity contribution in [3.63, 3.8) is 0 Å². The third kappa shape index (κ3) is 4.05. The van der Waals surface area contributed by atoms with Crippen LogP contribution in [0, 0.1) is 6.92 Å². The van der Waals surface area contributed by atoms with Crippen LogP contribution >= 0.6 is 0 Å². The smallest absolute Gasteiger partial charge is 0.270 e. The van der Waals surface area contributed by atoms with Crippen molar-refractivity contribution < 1.29 is 4.79 Å². The van der Waals surface area contributed by atoms with Crippen LogP contribution in [0.4, 0.5) is 5.95 Å². The van der Waals surface area contributed by atoms with Crippen molar-refractivity contribution in [2.75, 3.05) is 11.4 Å². The summed E-state index contributed by atoms with van der Waals surface area (Å²) >= 11 is 0. The topological polar surface area (TPSA) is 58.1 Å². The van der Waals surface area contributed by atoms with Crippen LogP contribution in [-0.4, -0.2) is 34.5 Å². The molecule has 1 aromatic heterocycles. The Bertz CT molecular complexity index is 568. The molecule has 1 atom stereocenters. The van der Waals surface area contributed by atoms with E-state index >= 15 is 0 Å². The molecule has 0 spiro atoms. The maximum Gasteiger partial charge on any atom is 0.270 e. The number of rotatable bonds is 4. The fourth-order valence-electron chi connectivity index (χ4n) is 3.99. The number of nitrogens with one attached hydrogen (secondary N) is 1. The molecule has 1 aromatic rings. The predicted molar refractivity (Wildman–Crippen MR) is 96.4 cm³/mol. The summed E-state index contributed by atoms with van der Waals surface area (Å²) in [6.45, 7) is 5.16. The Hall–Kier alpha value is -1.65. The zero-order valence-corrected chi connectivity index (χ0v) is 15.1. The largest absolute Gasteiger partial charge is 0.348 e. The normalized spacial score (nSPS) is 22.4. The maximum absolute atomic E-state index is 12.6. The molecule has 0 aromatic carbocycles. The van der Waals surface area contributed by atoms with Crippen molar-refractivity contribution in [2.45, 2.75) is 83.7 Å². The first-order valence-electron chi connectivity index (χ1n) is 9.60. The van der Waals surface area contributed by atoms with E-state index in [9.17, 15) is 4.79 Å². The van der Waals surface area contributed by atoms with E-state index in [2.05, 4.69) is 27.1 Å². The van der Waals surface area contributed by atoms with Crippen LogP contribution < -0.4 is 10.2 Å². The van der Waals surface area contributed by atoms with Crippen molar-refractivity contribution in [3.8, 4) is 0 Å². The molecule has 24 heavy (non-hydrogen) atoms. The van der Waals surface area contributed by atoms with Crippen LogP contribution in [0.15, 0.2) is 6.07 Å². The highest BCUT2D eigenvalue weighted by Gasteiger charge is 2.25. The first-order chi connectivity index (χ1) is 11.7. The van der Waals surface area contributed by atoms with Gasteiger partial charge in [0.05, 0.1) is 0 Å². The van der Waals surface area contributed by atoms with E-state index in [1.807, 2.05) is 13.0 Å². The Morgan fingerprint density at radius 1 is 1.17 bits per heavy atom. The van der Waals surface area contributed by atoms with Crippen molar-refractivity contribution in [1.82, 2.24) is 15.3 Å². The molecule has 1 amide bonds. The number of carbonyl (C=O) groups excluding carboxylic acids is 1. The minimum Gasteiger partial charge on any atom is -0.348 e. The van der Waals surface area contributed by atoms with Crippen molar-refractivity contribution in [1.29, 1.82) is 0 Å². The Morgan fingerprint density at radius 2 is 1.92 bits per heavy atom. The standard InChI is InChI=1S/C19H30N4O/c1-3-16-11-7-8-12-23(16)19-20-14(2)13-17(22-19)18(24)21-15-9-5-4-6-10-15/h13,15-16H,3-12H2,1-2H3,(H,21,24). The molecular formula is C19H30N4O. The monoisotopic (exact) mass is 330 g/mol. The number of aryl methyl sites for hydroxylation is 1. The lowest BCUT2D eigenvalue weighted by molar-refractivity contribution is 0.0922. The second kappa shape index (κ2) is 7.95. The molecule has 132 valence electrons. The van der Waals surface area contributed by atoms with Gasteiger partial charge in [-0.05, 0) is 51.5 Å². The van der Waals surface area contributed by atoms with E-state index < -0.39 is 0 Å². The summed E-state index contributed by atoms with van der Waals surface area (Å²) in [5, 5.41) is 3.17. The van der Waals surface area contributed by atoms with Crippen LogP contribution in [0.2, 0.25) is 0 Å². The van der Waals surface area contributed by atoms with E-state index in [0.29, 0.717) is 17.8 Å². The maximum atomic E-state index is 12.6. The Balaban J connectivity index is 1.76. The van der Waals surface area contributed by atoms with E-state index in [1.165, 1.54) is 38.5 Å². The Kier molecular flexibility index (Phi) is 5.69. The van der Waals surface area contributed by atoms with E-state index in [0.717, 1.165) is 37.4 Å². The minimum absolute atomic E-state index is 0.0429. The number of aromatic nitrogens is 2. The molecule has 0 radical (unpaired) electrons. The number of anilines is 1. The highest BCUT2D eigenvalue weighted by Crippen LogP contribution is 2.24. The summed E-state index contributed by atoms with van der Waals surface area (Å²) in [4.78, 5) is 24.2. The summed E-state index contributed by atoms with van der Waals surface area (Å²) in [5.74, 6) is 0.689. The van der Waals surface area contributed by atoms with Crippen LogP contribution in [0.25, 0.3) is 0 Å². The Morgan fingerprint density at radius 3 is 2.67 bits per heavy atom. The minimum atomic E-state index is -0.0429. The van der Waals surface area contributed by atoms with Crippen molar-refractivity contribution in [2.24, 2.45) is 0 Å². The number of hydrogen-bond donors (Lipinski definition) is 1. The van der Waals surface area contributed by atoms with Gasteiger partial charge in [0.15, 0.2) is 0 Å². The quantitative estimate of drug-likeness (QED) is 0.916. The number of piperidine rings is 1. The van der Waals surface area contributed by atoms with Crippen molar-refractivity contribution >= 4 is 11.9 Å². The van der Waals surface area contributed by atoms with Gasteiger partial charge in [-0.2, -0.15) is 0 Å². The van der Waals surface area contributed by atoms with Gasteiger partial charge in [0.25, 0.3) is 5.91 Å². The zero-order chi connectivity index (χ0) is 16.9. The van der Waals surface area contributed by atoms with Crippen molar-refractivity contribution in [3.05, 3.63) is 17.5 Å². The molecule has 1 aliphatic carbocycles. The molecule has 2 heterocycles. The van der Waals surface area contributed by atoms with Gasteiger partial charge < -0.3 is 10.2 Å². The zero-order valence-electron chi connectivity index (χ0n) is 15.1. The SMILES string of the molecule is CCC1CCCCN1c1nc(C)cc(C(=O)NC2CCCCC2)n1. The van der Waals surface area contributed by atoms with Gasteiger partial charge in [-0.3, -0.25) is 4.79 Å². The van der Waals surface area contributed by atoms with Crippen LogP contribution in [0.1, 0.15) is 80.9 Å². The highest BCUT2D eigenvalue weighted by atomic mass is 16.1. The second-order valence-electron chi connectivity index (χ2n) is 7.25. The summed E-state index contributed by atoms with van der Waals surface area (Å²) in [5.41, 5.74) is 1.39. The lowest BCUT2D eigenvalue weighted by atomic mass is 9.95. The molecule has 2 fully saturated rings. The summed E-state index contributed by atoms with van der Waals surface area (Å²) in [6, 6.07) is 2.62. The van der Waals surface area contributed by atoms with Crippen LogP contribution in [-0.2, 0) is 0 Å². The third-order valence-corrected chi connectivity index (χ3v) is 5.37. The molecule has 5 nitrogen and oxygen atoms in total. The van der Waals surface area contributed by atoms with E-state index in [4.69, 9.17) is 0 Å². The summed E-state index contributed by atoms with van der Waals surface area (Å²) < 4.78 is 0. The molecule has 2 aliphatic rings. The molecule has 0 bridgehead atoms. The number of nitrogens with zero attached hydrogens (tertiary/aromatic N) is 3. The van der Waals surface area contributed by atoms with Gasteiger partial charge in [0.1, 0.15) is 5.69 Å². The fraction of sp³-hybridized carbons (Fsp3) is 0.737. The number of amides is 1. The average molecular weight is 330 g/mol. The molecule has 1 unspecified atom stereocenters. The average Bonchev–Trinajstić information content (AvgIpc) is 2.62. The molecule has 5 heteroatoms. The predicted octanol–water partition coefficient (Wildman–Crippen LogP) is 3.62. The molecule has 1 saturated carbocycles. The molecule has 1 saturated heterocycles. The first-order valence-corrected chi connectivity index (χ1v) is 9.60. The molecule has 1 N–H and O–H groups in total. The summed E-state index contributed by atoms with van der Waals surface area (Å²) in [7, 11) is 0. The fourth-order valence-corrected chi connectivity index (χ4v) is 3.99. The van der Waals surface area contributed by atoms with Gasteiger partial charge in [-0.1, -0.05) is 26.2 Å². The number of carbonyl (C=O) groups is 1. The van der Waals surface area contributed by atoms with Crippen LogP contribution in [0.5, 0.6) is 0 Å². The highest BCUT2D eigenvalue weighted by molar-refractivity contribution is 5.92. The molecular weight excluding hydrogens is 300 g/mol. The van der Waals surface area contributed by atoms with Gasteiger partial charge >= 0.3 is 0 Å². The van der Waals surface area contributed by atoms with Gasteiger partial charge in [0.2, 0.25) is 5.95 Å². The number of hydrogen-bond acceptors (Lipinski definition) is 4. The van der Waals surface area contributed by atoms with Gasteiger partial charge in [-0.15, -0.1) is 0 Å². The lowest BCUT2D eigenvalue weighted by Gasteiger charge is -2.35. The first kappa shape index (κ1) is 17.2. The third-order valence-electron chi connectivity index (χ3n) is 5.37. The molecule has 3 rings (SSSR count). The lowest BCUT2D eigenvalue weighted by Crippen LogP contribution is -2.41. The van der Waals surface area contributed by atoms with E-state index in [1.54, 1.807) is 0 Å². The van der Waals surface area contributed by atoms with Gasteiger partial charge in [0, 0.05) is 24.3 Å². The van der Waals surface area contributed by atoms with Crippen LogP contribution in [0.3, 0.4) is 0 Å². The summed E-state index contributed by atoms with van der Waals surface area (Å²) in [6.07, 6.45) is 10.6. The van der Waals surface area contributed by atoms with E-state index in [-0.39, 0.29) is 5.91 Å².